The minimum Gasteiger partial charge on any atom is -0.488 e. The molecule has 2 aromatic rings. The van der Waals surface area contributed by atoms with Crippen molar-refractivity contribution in [2.24, 2.45) is 7.05 Å². The molecule has 21 heavy (non-hydrogen) atoms. The van der Waals surface area contributed by atoms with E-state index in [1.165, 1.54) is 5.56 Å². The maximum absolute atomic E-state index is 6.34. The van der Waals surface area contributed by atoms with Crippen LogP contribution in [0.25, 0.3) is 0 Å². The Morgan fingerprint density at radius 3 is 2.95 bits per heavy atom. The van der Waals surface area contributed by atoms with Crippen LogP contribution in [0.3, 0.4) is 0 Å². The summed E-state index contributed by atoms with van der Waals surface area (Å²) in [5.41, 5.74) is 3.28. The first kappa shape index (κ1) is 14.4. The molecule has 0 saturated heterocycles. The van der Waals surface area contributed by atoms with E-state index in [9.17, 15) is 0 Å². The molecule has 0 bridgehead atoms. The van der Waals surface area contributed by atoms with Crippen LogP contribution in [0.2, 0.25) is 5.02 Å². The third-order valence-corrected chi connectivity index (χ3v) is 4.32. The SMILES string of the molecule is CCc1nn(C)c(CNCC2Cc3ccccc3O2)c1Cl. The van der Waals surface area contributed by atoms with Crippen molar-refractivity contribution in [3.05, 3.63) is 46.2 Å². The first-order valence-electron chi connectivity index (χ1n) is 7.34. The maximum atomic E-state index is 6.34. The van der Waals surface area contributed by atoms with E-state index in [1.54, 1.807) is 0 Å². The van der Waals surface area contributed by atoms with E-state index in [2.05, 4.69) is 29.5 Å². The molecule has 1 aromatic heterocycles. The molecule has 1 atom stereocenters. The zero-order valence-corrected chi connectivity index (χ0v) is 13.2. The molecule has 1 aliphatic heterocycles. The number of ether oxygens (including phenoxy) is 1. The van der Waals surface area contributed by atoms with E-state index < -0.39 is 0 Å². The Bertz CT molecular complexity index is 613. The average molecular weight is 306 g/mol. The highest BCUT2D eigenvalue weighted by Crippen LogP contribution is 2.28. The Morgan fingerprint density at radius 1 is 1.43 bits per heavy atom. The second kappa shape index (κ2) is 6.08. The quantitative estimate of drug-likeness (QED) is 0.923. The van der Waals surface area contributed by atoms with E-state index in [-0.39, 0.29) is 6.10 Å². The number of rotatable bonds is 5. The topological polar surface area (TPSA) is 39.1 Å². The Labute approximate surface area is 130 Å². The predicted molar refractivity (Wildman–Crippen MR) is 83.9 cm³/mol. The number of halogens is 1. The highest BCUT2D eigenvalue weighted by Gasteiger charge is 2.22. The molecule has 3 rings (SSSR count). The summed E-state index contributed by atoms with van der Waals surface area (Å²) >= 11 is 6.34. The van der Waals surface area contributed by atoms with Crippen molar-refractivity contribution >= 4 is 11.6 Å². The molecule has 5 heteroatoms. The second-order valence-corrected chi connectivity index (χ2v) is 5.75. The minimum atomic E-state index is 0.194. The molecule has 0 spiro atoms. The fraction of sp³-hybridized carbons (Fsp3) is 0.438. The van der Waals surface area contributed by atoms with Gasteiger partial charge < -0.3 is 10.1 Å². The van der Waals surface area contributed by atoms with Gasteiger partial charge in [0.15, 0.2) is 0 Å². The lowest BCUT2D eigenvalue weighted by Crippen LogP contribution is -2.30. The van der Waals surface area contributed by atoms with E-state index >= 15 is 0 Å². The normalized spacial score (nSPS) is 16.8. The summed E-state index contributed by atoms with van der Waals surface area (Å²) in [4.78, 5) is 0. The van der Waals surface area contributed by atoms with Gasteiger partial charge in [-0.15, -0.1) is 0 Å². The lowest BCUT2D eigenvalue weighted by molar-refractivity contribution is 0.227. The van der Waals surface area contributed by atoms with Crippen LogP contribution in [0.5, 0.6) is 5.75 Å². The van der Waals surface area contributed by atoms with Gasteiger partial charge in [0.2, 0.25) is 0 Å². The van der Waals surface area contributed by atoms with Crippen molar-refractivity contribution in [1.82, 2.24) is 15.1 Å². The van der Waals surface area contributed by atoms with E-state index in [0.29, 0.717) is 6.54 Å². The summed E-state index contributed by atoms with van der Waals surface area (Å²) in [5, 5.41) is 8.63. The fourth-order valence-corrected chi connectivity index (χ4v) is 3.09. The number of para-hydroxylation sites is 1. The van der Waals surface area contributed by atoms with Crippen LogP contribution in [0.1, 0.15) is 23.9 Å². The van der Waals surface area contributed by atoms with Gasteiger partial charge in [-0.2, -0.15) is 5.10 Å². The number of nitrogens with zero attached hydrogens (tertiary/aromatic N) is 2. The summed E-state index contributed by atoms with van der Waals surface area (Å²) in [6, 6.07) is 8.22. The smallest absolute Gasteiger partial charge is 0.123 e. The summed E-state index contributed by atoms with van der Waals surface area (Å²) in [6.07, 6.45) is 2.01. The molecular weight excluding hydrogens is 286 g/mol. The predicted octanol–water partition coefficient (Wildman–Crippen LogP) is 2.73. The molecule has 112 valence electrons. The molecule has 1 aromatic carbocycles. The molecule has 2 heterocycles. The third-order valence-electron chi connectivity index (χ3n) is 3.88. The van der Waals surface area contributed by atoms with Crippen molar-refractivity contribution in [3.63, 3.8) is 0 Å². The number of fused-ring (bicyclic) bond motifs is 1. The minimum absolute atomic E-state index is 0.194. The van der Waals surface area contributed by atoms with Crippen molar-refractivity contribution < 1.29 is 4.74 Å². The molecule has 0 fully saturated rings. The lowest BCUT2D eigenvalue weighted by Gasteiger charge is -2.12. The summed E-state index contributed by atoms with van der Waals surface area (Å²) in [7, 11) is 1.93. The van der Waals surface area contributed by atoms with Crippen LogP contribution in [0.4, 0.5) is 0 Å². The monoisotopic (exact) mass is 305 g/mol. The maximum Gasteiger partial charge on any atom is 0.123 e. The van der Waals surface area contributed by atoms with Crippen molar-refractivity contribution in [3.8, 4) is 5.75 Å². The highest BCUT2D eigenvalue weighted by molar-refractivity contribution is 6.31. The van der Waals surface area contributed by atoms with Crippen molar-refractivity contribution in [2.75, 3.05) is 6.54 Å². The van der Waals surface area contributed by atoms with Gasteiger partial charge in [-0.1, -0.05) is 36.7 Å². The van der Waals surface area contributed by atoms with Gasteiger partial charge >= 0.3 is 0 Å². The average Bonchev–Trinajstić information content (AvgIpc) is 3.01. The van der Waals surface area contributed by atoms with E-state index in [0.717, 1.165) is 41.5 Å². The zero-order valence-electron chi connectivity index (χ0n) is 12.4. The van der Waals surface area contributed by atoms with Gasteiger partial charge in [0.05, 0.1) is 16.4 Å². The van der Waals surface area contributed by atoms with Crippen molar-refractivity contribution in [1.29, 1.82) is 0 Å². The number of hydrogen-bond acceptors (Lipinski definition) is 3. The van der Waals surface area contributed by atoms with Gasteiger partial charge in [-0.25, -0.2) is 0 Å². The number of aromatic nitrogens is 2. The van der Waals surface area contributed by atoms with Crippen LogP contribution in [-0.2, 0) is 26.4 Å². The number of benzene rings is 1. The summed E-state index contributed by atoms with van der Waals surface area (Å²) in [6.45, 7) is 3.57. The van der Waals surface area contributed by atoms with Crippen LogP contribution in [-0.4, -0.2) is 22.4 Å². The molecule has 1 unspecified atom stereocenters. The Balaban J connectivity index is 1.55. The van der Waals surface area contributed by atoms with Gasteiger partial charge in [0.25, 0.3) is 0 Å². The third kappa shape index (κ3) is 2.92. The van der Waals surface area contributed by atoms with Gasteiger partial charge in [-0.3, -0.25) is 4.68 Å². The lowest BCUT2D eigenvalue weighted by atomic mass is 10.1. The van der Waals surface area contributed by atoms with Gasteiger partial charge in [0.1, 0.15) is 11.9 Å². The number of hydrogen-bond donors (Lipinski definition) is 1. The Morgan fingerprint density at radius 2 is 2.24 bits per heavy atom. The largest absolute Gasteiger partial charge is 0.488 e. The van der Waals surface area contributed by atoms with Crippen LogP contribution in [0.15, 0.2) is 24.3 Å². The second-order valence-electron chi connectivity index (χ2n) is 5.37. The highest BCUT2D eigenvalue weighted by atomic mass is 35.5. The molecule has 0 aliphatic carbocycles. The molecule has 0 radical (unpaired) electrons. The molecule has 4 nitrogen and oxygen atoms in total. The first-order valence-corrected chi connectivity index (χ1v) is 7.72. The Hall–Kier alpha value is -1.52. The molecule has 1 aliphatic rings. The molecule has 0 saturated carbocycles. The zero-order chi connectivity index (χ0) is 14.8. The van der Waals surface area contributed by atoms with Crippen LogP contribution < -0.4 is 10.1 Å². The summed E-state index contributed by atoms with van der Waals surface area (Å²) in [5.74, 6) is 1.01. The van der Waals surface area contributed by atoms with E-state index in [4.69, 9.17) is 16.3 Å². The number of aryl methyl sites for hydroxylation is 2. The number of nitrogens with one attached hydrogen (secondary N) is 1. The Kier molecular flexibility index (Phi) is 4.17. The van der Waals surface area contributed by atoms with Gasteiger partial charge in [-0.05, 0) is 18.1 Å². The summed E-state index contributed by atoms with van der Waals surface area (Å²) < 4.78 is 7.77. The van der Waals surface area contributed by atoms with Crippen molar-refractivity contribution in [2.45, 2.75) is 32.4 Å². The molecule has 0 amide bonds. The van der Waals surface area contributed by atoms with Crippen LogP contribution >= 0.6 is 11.6 Å². The molecular formula is C16H20ClN3O. The standard InChI is InChI=1S/C16H20ClN3O/c1-3-13-16(17)14(20(2)19-13)10-18-9-12-8-11-6-4-5-7-15(11)21-12/h4-7,12,18H,3,8-10H2,1-2H3. The molecule has 1 N–H and O–H groups in total. The first-order chi connectivity index (χ1) is 10.2. The van der Waals surface area contributed by atoms with Crippen LogP contribution in [0, 0.1) is 0 Å². The van der Waals surface area contributed by atoms with Gasteiger partial charge in [0, 0.05) is 26.6 Å². The fourth-order valence-electron chi connectivity index (χ4n) is 2.73. The van der Waals surface area contributed by atoms with E-state index in [1.807, 2.05) is 23.9 Å².